The minimum absolute atomic E-state index is 0.301. The van der Waals surface area contributed by atoms with Crippen LogP contribution in [0.25, 0.3) is 0 Å². The first-order chi connectivity index (χ1) is 6.59. The van der Waals surface area contributed by atoms with Crippen molar-refractivity contribution in [2.45, 2.75) is 26.4 Å². The highest BCUT2D eigenvalue weighted by molar-refractivity contribution is 5.67. The predicted octanol–water partition coefficient (Wildman–Crippen LogP) is -0.188. The van der Waals surface area contributed by atoms with Gasteiger partial charge in [-0.05, 0) is 0 Å². The first kappa shape index (κ1) is 10.9. The van der Waals surface area contributed by atoms with E-state index in [9.17, 15) is 9.59 Å². The van der Waals surface area contributed by atoms with Crippen LogP contribution in [0.2, 0.25) is 0 Å². The Kier molecular flexibility index (Phi) is 3.84. The van der Waals surface area contributed by atoms with Crippen molar-refractivity contribution < 1.29 is 28.5 Å². The van der Waals surface area contributed by atoms with E-state index in [1.807, 2.05) is 0 Å². The Hall–Kier alpha value is -1.14. The van der Waals surface area contributed by atoms with Gasteiger partial charge in [-0.25, -0.2) is 0 Å². The van der Waals surface area contributed by atoms with Crippen molar-refractivity contribution in [3.63, 3.8) is 0 Å². The van der Waals surface area contributed by atoms with Crippen LogP contribution in [0.5, 0.6) is 0 Å². The van der Waals surface area contributed by atoms with Gasteiger partial charge in [0.05, 0.1) is 13.2 Å². The number of esters is 2. The molecule has 0 aliphatic carbocycles. The zero-order chi connectivity index (χ0) is 10.6. The molecule has 1 rings (SSSR count). The summed E-state index contributed by atoms with van der Waals surface area (Å²) in [5.41, 5.74) is 0. The van der Waals surface area contributed by atoms with Gasteiger partial charge in [0.15, 0.2) is 0 Å². The summed E-state index contributed by atoms with van der Waals surface area (Å²) < 4.78 is 19.6. The maximum Gasteiger partial charge on any atom is 0.305 e. The fourth-order valence-corrected chi connectivity index (χ4v) is 0.992. The number of rotatable bonds is 2. The Morgan fingerprint density at radius 2 is 1.36 bits per heavy atom. The molecule has 0 aromatic carbocycles. The smallest absolute Gasteiger partial charge is 0.305 e. The molecule has 0 aromatic heterocycles. The van der Waals surface area contributed by atoms with Gasteiger partial charge >= 0.3 is 11.9 Å². The molecular weight excluding hydrogens is 192 g/mol. The summed E-state index contributed by atoms with van der Waals surface area (Å²) in [6.45, 7) is 3.08. The molecule has 0 unspecified atom stereocenters. The Balaban J connectivity index is 2.49. The summed E-state index contributed by atoms with van der Waals surface area (Å²) in [6, 6.07) is 0. The number of ether oxygens (including phenoxy) is 4. The van der Waals surface area contributed by atoms with E-state index in [4.69, 9.17) is 18.9 Å². The molecule has 0 spiro atoms. The van der Waals surface area contributed by atoms with Gasteiger partial charge in [-0.3, -0.25) is 9.59 Å². The van der Waals surface area contributed by atoms with Gasteiger partial charge in [0.1, 0.15) is 0 Å². The van der Waals surface area contributed by atoms with Crippen molar-refractivity contribution in [2.24, 2.45) is 0 Å². The van der Waals surface area contributed by atoms with Crippen molar-refractivity contribution in [3.05, 3.63) is 0 Å². The SMILES string of the molecule is CC(=O)O[C@H]1OCCO[C@H]1OC(C)=O. The van der Waals surface area contributed by atoms with E-state index < -0.39 is 24.5 Å². The van der Waals surface area contributed by atoms with Gasteiger partial charge < -0.3 is 18.9 Å². The summed E-state index contributed by atoms with van der Waals surface area (Å²) in [4.78, 5) is 21.3. The number of carbonyl (C=O) groups is 2. The molecule has 1 aliphatic heterocycles. The van der Waals surface area contributed by atoms with Crippen molar-refractivity contribution >= 4 is 11.9 Å². The van der Waals surface area contributed by atoms with Gasteiger partial charge in [-0.15, -0.1) is 0 Å². The number of carbonyl (C=O) groups excluding carboxylic acids is 2. The maximum atomic E-state index is 10.6. The third-order valence-electron chi connectivity index (χ3n) is 1.43. The van der Waals surface area contributed by atoms with Gasteiger partial charge in [0.2, 0.25) is 0 Å². The van der Waals surface area contributed by atoms with Crippen molar-refractivity contribution in [3.8, 4) is 0 Å². The zero-order valence-corrected chi connectivity index (χ0v) is 8.02. The second kappa shape index (κ2) is 4.92. The van der Waals surface area contributed by atoms with Crippen molar-refractivity contribution in [1.29, 1.82) is 0 Å². The summed E-state index contributed by atoms with van der Waals surface area (Å²) >= 11 is 0. The fourth-order valence-electron chi connectivity index (χ4n) is 0.992. The molecule has 1 fully saturated rings. The Morgan fingerprint density at radius 3 is 1.64 bits per heavy atom. The first-order valence-corrected chi connectivity index (χ1v) is 4.17. The molecular formula is C8H12O6. The molecule has 0 radical (unpaired) electrons. The Bertz CT molecular complexity index is 202. The maximum absolute atomic E-state index is 10.6. The molecule has 0 saturated carbocycles. The van der Waals surface area contributed by atoms with Crippen LogP contribution in [0.3, 0.4) is 0 Å². The third kappa shape index (κ3) is 3.31. The molecule has 2 atom stereocenters. The summed E-state index contributed by atoms with van der Waals surface area (Å²) in [7, 11) is 0. The van der Waals surface area contributed by atoms with E-state index in [-0.39, 0.29) is 0 Å². The largest absolute Gasteiger partial charge is 0.429 e. The van der Waals surface area contributed by atoms with Crippen LogP contribution in [0.4, 0.5) is 0 Å². The molecule has 0 bridgehead atoms. The van der Waals surface area contributed by atoms with E-state index >= 15 is 0 Å². The van der Waals surface area contributed by atoms with Crippen LogP contribution in [-0.2, 0) is 28.5 Å². The normalized spacial score (nSPS) is 26.7. The Morgan fingerprint density at radius 1 is 1.00 bits per heavy atom. The lowest BCUT2D eigenvalue weighted by molar-refractivity contribution is -0.301. The molecule has 6 nitrogen and oxygen atoms in total. The lowest BCUT2D eigenvalue weighted by Crippen LogP contribution is -2.43. The molecule has 1 heterocycles. The quantitative estimate of drug-likeness (QED) is 0.580. The van der Waals surface area contributed by atoms with E-state index in [2.05, 4.69) is 0 Å². The van der Waals surface area contributed by atoms with Gasteiger partial charge in [0, 0.05) is 13.8 Å². The molecule has 14 heavy (non-hydrogen) atoms. The summed E-state index contributed by atoms with van der Waals surface area (Å²) in [6.07, 6.45) is -1.93. The van der Waals surface area contributed by atoms with E-state index in [1.54, 1.807) is 0 Å². The third-order valence-corrected chi connectivity index (χ3v) is 1.43. The second-order valence-corrected chi connectivity index (χ2v) is 2.70. The average molecular weight is 204 g/mol. The van der Waals surface area contributed by atoms with Gasteiger partial charge in [-0.2, -0.15) is 0 Å². The highest BCUT2D eigenvalue weighted by atomic mass is 16.8. The van der Waals surface area contributed by atoms with Crippen molar-refractivity contribution in [1.82, 2.24) is 0 Å². The fraction of sp³-hybridized carbons (Fsp3) is 0.750. The highest BCUT2D eigenvalue weighted by Gasteiger charge is 2.32. The highest BCUT2D eigenvalue weighted by Crippen LogP contribution is 2.13. The van der Waals surface area contributed by atoms with Crippen LogP contribution in [0.15, 0.2) is 0 Å². The van der Waals surface area contributed by atoms with Crippen LogP contribution >= 0.6 is 0 Å². The second-order valence-electron chi connectivity index (χ2n) is 2.70. The molecule has 6 heteroatoms. The average Bonchev–Trinajstić information content (AvgIpc) is 2.06. The lowest BCUT2D eigenvalue weighted by atomic mass is 10.5. The molecule has 1 saturated heterocycles. The van der Waals surface area contributed by atoms with Crippen LogP contribution in [-0.4, -0.2) is 37.7 Å². The standard InChI is InChI=1S/C8H12O6/c1-5(9)13-7-8(14-6(2)10)12-4-3-11-7/h7-8H,3-4H2,1-2H3/t7-,8+. The van der Waals surface area contributed by atoms with E-state index in [0.29, 0.717) is 13.2 Å². The lowest BCUT2D eigenvalue weighted by Gasteiger charge is -2.29. The minimum atomic E-state index is -0.967. The summed E-state index contributed by atoms with van der Waals surface area (Å²) in [5.74, 6) is -1.03. The van der Waals surface area contributed by atoms with E-state index in [1.165, 1.54) is 13.8 Å². The number of hydrogen-bond acceptors (Lipinski definition) is 6. The molecule has 0 amide bonds. The first-order valence-electron chi connectivity index (χ1n) is 4.17. The topological polar surface area (TPSA) is 71.1 Å². The molecule has 1 aliphatic rings. The van der Waals surface area contributed by atoms with Crippen molar-refractivity contribution in [2.75, 3.05) is 13.2 Å². The molecule has 0 N–H and O–H groups in total. The van der Waals surface area contributed by atoms with E-state index in [0.717, 1.165) is 0 Å². The van der Waals surface area contributed by atoms with Gasteiger partial charge in [0.25, 0.3) is 12.6 Å². The summed E-state index contributed by atoms with van der Waals surface area (Å²) in [5, 5.41) is 0. The zero-order valence-electron chi connectivity index (χ0n) is 8.02. The Labute approximate surface area is 81.1 Å². The minimum Gasteiger partial charge on any atom is -0.429 e. The monoisotopic (exact) mass is 204 g/mol. The molecule has 0 aromatic rings. The van der Waals surface area contributed by atoms with Crippen LogP contribution in [0.1, 0.15) is 13.8 Å². The van der Waals surface area contributed by atoms with Crippen LogP contribution in [0, 0.1) is 0 Å². The van der Waals surface area contributed by atoms with Crippen LogP contribution < -0.4 is 0 Å². The molecule has 80 valence electrons. The predicted molar refractivity (Wildman–Crippen MR) is 43.0 cm³/mol. The van der Waals surface area contributed by atoms with Gasteiger partial charge in [-0.1, -0.05) is 0 Å². The number of hydrogen-bond donors (Lipinski definition) is 0.